The van der Waals surface area contributed by atoms with E-state index in [4.69, 9.17) is 10.8 Å². The molecular weight excluding hydrogens is 332 g/mol. The number of fused-ring (bicyclic) bond motifs is 4. The molecule has 0 spiro atoms. The molecule has 7 nitrogen and oxygen atoms in total. The molecule has 0 aliphatic carbocycles. The van der Waals surface area contributed by atoms with Crippen molar-refractivity contribution >= 4 is 23.4 Å². The van der Waals surface area contributed by atoms with E-state index in [9.17, 15) is 9.59 Å². The van der Waals surface area contributed by atoms with E-state index in [-0.39, 0.29) is 17.9 Å². The van der Waals surface area contributed by atoms with Crippen molar-refractivity contribution in [1.29, 1.82) is 0 Å². The summed E-state index contributed by atoms with van der Waals surface area (Å²) < 4.78 is 0. The zero-order chi connectivity index (χ0) is 18.7. The maximum atomic E-state index is 12.5. The lowest BCUT2D eigenvalue weighted by Gasteiger charge is -2.19. The predicted octanol–water partition coefficient (Wildman–Crippen LogP) is 3.60. The molecule has 136 valence electrons. The van der Waals surface area contributed by atoms with Gasteiger partial charge >= 0.3 is 6.09 Å². The van der Waals surface area contributed by atoms with Gasteiger partial charge in [-0.25, -0.2) is 4.79 Å². The van der Waals surface area contributed by atoms with Crippen molar-refractivity contribution in [2.75, 3.05) is 10.6 Å². The van der Waals surface area contributed by atoms with Crippen LogP contribution in [0.5, 0.6) is 0 Å². The molecule has 2 amide bonds. The fourth-order valence-corrected chi connectivity index (χ4v) is 3.10. The van der Waals surface area contributed by atoms with Gasteiger partial charge in [0, 0.05) is 29.4 Å². The Hall–Kier alpha value is -2.93. The number of anilines is 2. The molecule has 5 N–H and O–H groups in total. The molecule has 1 aromatic carbocycles. The van der Waals surface area contributed by atoms with Gasteiger partial charge in [-0.3, -0.25) is 15.1 Å². The summed E-state index contributed by atoms with van der Waals surface area (Å²) in [6.07, 6.45) is 2.86. The Morgan fingerprint density at radius 2 is 2.12 bits per heavy atom. The summed E-state index contributed by atoms with van der Waals surface area (Å²) in [5.74, 6) is -0.265. The first-order valence-corrected chi connectivity index (χ1v) is 8.61. The summed E-state index contributed by atoms with van der Waals surface area (Å²) in [4.78, 5) is 27.8. The molecule has 1 aromatic heterocycles. The topological polar surface area (TPSA) is 117 Å². The number of amides is 2. The third-order valence-electron chi connectivity index (χ3n) is 4.60. The third-order valence-corrected chi connectivity index (χ3v) is 4.60. The minimum atomic E-state index is -1.16. The van der Waals surface area contributed by atoms with Crippen LogP contribution in [0.15, 0.2) is 36.5 Å². The maximum absolute atomic E-state index is 12.5. The van der Waals surface area contributed by atoms with Crippen LogP contribution in [-0.4, -0.2) is 22.1 Å². The second-order valence-electron chi connectivity index (χ2n) is 6.59. The van der Waals surface area contributed by atoms with Crippen LogP contribution in [0.2, 0.25) is 0 Å². The van der Waals surface area contributed by atoms with Crippen LogP contribution in [0.4, 0.5) is 16.2 Å². The van der Waals surface area contributed by atoms with Crippen molar-refractivity contribution < 1.29 is 14.7 Å². The van der Waals surface area contributed by atoms with E-state index in [1.165, 1.54) is 0 Å². The number of rotatable bonds is 1. The van der Waals surface area contributed by atoms with Gasteiger partial charge in [0.05, 0.1) is 11.4 Å². The molecule has 7 heteroatoms. The van der Waals surface area contributed by atoms with Crippen LogP contribution < -0.4 is 16.4 Å². The largest absolute Gasteiger partial charge is 0.465 e. The van der Waals surface area contributed by atoms with Gasteiger partial charge in [-0.1, -0.05) is 19.4 Å². The Morgan fingerprint density at radius 3 is 2.88 bits per heavy atom. The quantitative estimate of drug-likeness (QED) is 0.624. The van der Waals surface area contributed by atoms with Gasteiger partial charge < -0.3 is 16.2 Å². The number of pyridine rings is 1. The van der Waals surface area contributed by atoms with Gasteiger partial charge in [0.1, 0.15) is 0 Å². The molecule has 2 bridgehead atoms. The minimum Gasteiger partial charge on any atom is -0.465 e. The summed E-state index contributed by atoms with van der Waals surface area (Å²) in [6, 6.07) is 8.66. The predicted molar refractivity (Wildman–Crippen MR) is 99.9 cm³/mol. The van der Waals surface area contributed by atoms with Crippen LogP contribution in [0.3, 0.4) is 0 Å². The monoisotopic (exact) mass is 354 g/mol. The highest BCUT2D eigenvalue weighted by Gasteiger charge is 2.19. The lowest BCUT2D eigenvalue weighted by Crippen LogP contribution is -2.22. The fourth-order valence-electron chi connectivity index (χ4n) is 3.10. The summed E-state index contributed by atoms with van der Waals surface area (Å²) >= 11 is 0. The van der Waals surface area contributed by atoms with Crippen LogP contribution in [0.25, 0.3) is 11.1 Å². The number of carboxylic acid groups (broad SMARTS) is 1. The van der Waals surface area contributed by atoms with E-state index in [1.54, 1.807) is 24.4 Å². The second-order valence-corrected chi connectivity index (χ2v) is 6.59. The van der Waals surface area contributed by atoms with E-state index in [2.05, 4.69) is 15.6 Å². The standard InChI is InChI=1S/C19H22N4O3/c1-11-3-2-4-15(20)17-9-12(7-8-21-17)14-6-5-13(22-19(25)26)10-16(14)23-18(11)24/h5-11,15,22H,2-4,20H2,1H3,(H,23,24)(H,25,26)/t11-,15+/m1/s1. The highest BCUT2D eigenvalue weighted by molar-refractivity contribution is 5.98. The van der Waals surface area contributed by atoms with Gasteiger partial charge in [-0.2, -0.15) is 0 Å². The number of nitrogens with zero attached hydrogens (tertiary/aromatic N) is 1. The van der Waals surface area contributed by atoms with Gasteiger partial charge in [0.2, 0.25) is 5.91 Å². The van der Waals surface area contributed by atoms with Gasteiger partial charge in [-0.15, -0.1) is 0 Å². The number of aromatic nitrogens is 1. The second kappa shape index (κ2) is 7.53. The average Bonchev–Trinajstić information content (AvgIpc) is 2.60. The van der Waals surface area contributed by atoms with Gasteiger partial charge in [0.15, 0.2) is 0 Å². The molecule has 3 rings (SSSR count). The molecule has 2 heterocycles. The van der Waals surface area contributed by atoms with Crippen LogP contribution in [0, 0.1) is 5.92 Å². The first kappa shape index (κ1) is 17.9. The van der Waals surface area contributed by atoms with Crippen molar-refractivity contribution in [3.63, 3.8) is 0 Å². The molecule has 0 saturated carbocycles. The SMILES string of the molecule is C[C@@H]1CCC[C@H](N)c2cc(ccn2)-c2ccc(NC(=O)O)cc2NC1=O. The Kier molecular flexibility index (Phi) is 5.18. The Bertz CT molecular complexity index is 837. The average molecular weight is 354 g/mol. The molecule has 2 aromatic rings. The highest BCUT2D eigenvalue weighted by atomic mass is 16.4. The van der Waals surface area contributed by atoms with E-state index in [1.807, 2.05) is 19.1 Å². The number of nitrogens with one attached hydrogen (secondary N) is 2. The van der Waals surface area contributed by atoms with Crippen LogP contribution >= 0.6 is 0 Å². The highest BCUT2D eigenvalue weighted by Crippen LogP contribution is 2.33. The molecule has 0 radical (unpaired) electrons. The maximum Gasteiger partial charge on any atom is 0.409 e. The summed E-state index contributed by atoms with van der Waals surface area (Å²) in [7, 11) is 0. The van der Waals surface area contributed by atoms with Crippen molar-refractivity contribution in [2.45, 2.75) is 32.2 Å². The molecule has 0 saturated heterocycles. The molecule has 2 atom stereocenters. The zero-order valence-corrected chi connectivity index (χ0v) is 14.5. The van der Waals surface area contributed by atoms with Crippen LogP contribution in [-0.2, 0) is 4.79 Å². The van der Waals surface area contributed by atoms with Crippen molar-refractivity contribution in [3.05, 3.63) is 42.2 Å². The Balaban J connectivity index is 2.10. The number of hydrogen-bond donors (Lipinski definition) is 4. The van der Waals surface area contributed by atoms with E-state index >= 15 is 0 Å². The van der Waals surface area contributed by atoms with Gasteiger partial charge in [-0.05, 0) is 42.7 Å². The zero-order valence-electron chi connectivity index (χ0n) is 14.5. The molecule has 1 aliphatic heterocycles. The third kappa shape index (κ3) is 4.00. The first-order chi connectivity index (χ1) is 12.4. The van der Waals surface area contributed by atoms with Crippen LogP contribution in [0.1, 0.15) is 37.9 Å². The van der Waals surface area contributed by atoms with E-state index < -0.39 is 6.09 Å². The smallest absolute Gasteiger partial charge is 0.409 e. The summed E-state index contributed by atoms with van der Waals surface area (Å²) in [6.45, 7) is 1.88. The molecule has 0 fully saturated rings. The lowest BCUT2D eigenvalue weighted by molar-refractivity contribution is -0.119. The Labute approximate surface area is 151 Å². The normalized spacial score (nSPS) is 20.2. The van der Waals surface area contributed by atoms with Gasteiger partial charge in [0.25, 0.3) is 0 Å². The van der Waals surface area contributed by atoms with Crippen molar-refractivity contribution in [3.8, 4) is 11.1 Å². The van der Waals surface area contributed by atoms with E-state index in [0.29, 0.717) is 11.4 Å². The number of hydrogen-bond acceptors (Lipinski definition) is 4. The molecule has 26 heavy (non-hydrogen) atoms. The van der Waals surface area contributed by atoms with E-state index in [0.717, 1.165) is 36.1 Å². The molecule has 0 unspecified atom stereocenters. The summed E-state index contributed by atoms with van der Waals surface area (Å²) in [5.41, 5.74) is 9.67. The molecular formula is C19H22N4O3. The molecule has 1 aliphatic rings. The van der Waals surface area contributed by atoms with Crippen molar-refractivity contribution in [1.82, 2.24) is 4.98 Å². The fraction of sp³-hybridized carbons (Fsp3) is 0.316. The Morgan fingerprint density at radius 1 is 1.31 bits per heavy atom. The number of nitrogens with two attached hydrogens (primary N) is 1. The lowest BCUT2D eigenvalue weighted by atomic mass is 9.96. The number of carbonyl (C=O) groups excluding carboxylic acids is 1. The minimum absolute atomic E-state index is 0.0952. The van der Waals surface area contributed by atoms with Crippen molar-refractivity contribution in [2.24, 2.45) is 11.7 Å². The first-order valence-electron chi connectivity index (χ1n) is 8.61. The number of carbonyl (C=O) groups is 2. The number of benzene rings is 1. The summed E-state index contributed by atoms with van der Waals surface area (Å²) in [5, 5.41) is 14.2.